The van der Waals surface area contributed by atoms with Crippen molar-refractivity contribution in [2.45, 2.75) is 0 Å². The molecule has 0 N–H and O–H groups in total. The number of nitrogens with zero attached hydrogens (tertiary/aromatic N) is 1. The Kier molecular flexibility index (Phi) is 4.90. The van der Waals surface area contributed by atoms with E-state index in [1.165, 1.54) is 11.8 Å². The molecule has 1 heterocycles. The first-order chi connectivity index (χ1) is 8.83. The molecule has 0 radical (unpaired) electrons. The maximum Gasteiger partial charge on any atom is 0.341 e. The van der Waals surface area contributed by atoms with Crippen molar-refractivity contribution >= 4 is 23.4 Å². The highest BCUT2D eigenvalue weighted by atomic mass is 32.2. The number of para-hydroxylation sites is 1. The summed E-state index contributed by atoms with van der Waals surface area (Å²) in [6, 6.07) is 7.57. The van der Waals surface area contributed by atoms with Crippen molar-refractivity contribution in [2.75, 3.05) is 43.4 Å². The van der Waals surface area contributed by atoms with Gasteiger partial charge in [-0.3, -0.25) is 0 Å². The molecule has 4 nitrogen and oxygen atoms in total. The first kappa shape index (κ1) is 13.2. The van der Waals surface area contributed by atoms with E-state index in [0.29, 0.717) is 24.7 Å². The molecule has 1 aliphatic heterocycles. The van der Waals surface area contributed by atoms with E-state index in [1.807, 2.05) is 30.5 Å². The van der Waals surface area contributed by atoms with Crippen LogP contribution in [0, 0.1) is 0 Å². The van der Waals surface area contributed by atoms with Crippen LogP contribution in [0.5, 0.6) is 0 Å². The highest BCUT2D eigenvalue weighted by Crippen LogP contribution is 2.22. The van der Waals surface area contributed by atoms with Crippen molar-refractivity contribution in [3.63, 3.8) is 0 Å². The molecule has 5 heteroatoms. The van der Waals surface area contributed by atoms with Gasteiger partial charge < -0.3 is 14.4 Å². The van der Waals surface area contributed by atoms with Gasteiger partial charge in [0.2, 0.25) is 0 Å². The van der Waals surface area contributed by atoms with Gasteiger partial charge in [0.05, 0.1) is 24.5 Å². The third-order valence-electron chi connectivity index (χ3n) is 2.78. The Labute approximate surface area is 111 Å². The third kappa shape index (κ3) is 3.17. The molecule has 0 aromatic heterocycles. The van der Waals surface area contributed by atoms with E-state index < -0.39 is 0 Å². The van der Waals surface area contributed by atoms with Gasteiger partial charge in [-0.2, -0.15) is 0 Å². The largest absolute Gasteiger partial charge is 0.451 e. The fourth-order valence-corrected chi connectivity index (χ4v) is 2.14. The molecule has 0 atom stereocenters. The molecular formula is C13H17NO3S. The summed E-state index contributed by atoms with van der Waals surface area (Å²) in [6.45, 7) is 3.03. The Bertz CT molecular complexity index is 405. The summed E-state index contributed by atoms with van der Waals surface area (Å²) >= 11 is 1.49. The quantitative estimate of drug-likeness (QED) is 0.616. The SMILES string of the molecule is CSCOC(=O)c1ccccc1N1CCOCC1. The third-order valence-corrected chi connectivity index (χ3v) is 3.14. The van der Waals surface area contributed by atoms with E-state index >= 15 is 0 Å². The fraction of sp³-hybridized carbons (Fsp3) is 0.462. The topological polar surface area (TPSA) is 38.8 Å². The summed E-state index contributed by atoms with van der Waals surface area (Å²) < 4.78 is 10.5. The second-order valence-electron chi connectivity index (χ2n) is 3.95. The Morgan fingerprint density at radius 3 is 2.83 bits per heavy atom. The summed E-state index contributed by atoms with van der Waals surface area (Å²) in [6.07, 6.45) is 1.90. The van der Waals surface area contributed by atoms with E-state index in [4.69, 9.17) is 9.47 Å². The fourth-order valence-electron chi connectivity index (χ4n) is 1.92. The second kappa shape index (κ2) is 6.66. The number of hydrogen-bond donors (Lipinski definition) is 0. The van der Waals surface area contributed by atoms with Gasteiger partial charge in [-0.25, -0.2) is 4.79 Å². The number of carbonyl (C=O) groups is 1. The molecule has 18 heavy (non-hydrogen) atoms. The van der Waals surface area contributed by atoms with E-state index in [-0.39, 0.29) is 5.97 Å². The molecule has 1 fully saturated rings. The first-order valence-electron chi connectivity index (χ1n) is 5.90. The molecule has 0 amide bonds. The van der Waals surface area contributed by atoms with Crippen LogP contribution in [0.25, 0.3) is 0 Å². The van der Waals surface area contributed by atoms with E-state index in [0.717, 1.165) is 18.8 Å². The zero-order valence-corrected chi connectivity index (χ0v) is 11.2. The van der Waals surface area contributed by atoms with Crippen LogP contribution in [-0.4, -0.2) is 44.5 Å². The van der Waals surface area contributed by atoms with Gasteiger partial charge in [0.15, 0.2) is 0 Å². The minimum Gasteiger partial charge on any atom is -0.451 e. The predicted octanol–water partition coefficient (Wildman–Crippen LogP) is 2.00. The van der Waals surface area contributed by atoms with Crippen LogP contribution in [0.3, 0.4) is 0 Å². The summed E-state index contributed by atoms with van der Waals surface area (Å²) in [7, 11) is 0. The normalized spacial score (nSPS) is 15.5. The first-order valence-corrected chi connectivity index (χ1v) is 7.30. The summed E-state index contributed by atoms with van der Waals surface area (Å²) in [5.74, 6) is 0.127. The highest BCUT2D eigenvalue weighted by Gasteiger charge is 2.18. The van der Waals surface area contributed by atoms with Gasteiger partial charge in [-0.1, -0.05) is 12.1 Å². The number of anilines is 1. The lowest BCUT2D eigenvalue weighted by molar-refractivity contribution is 0.0579. The molecule has 1 aromatic carbocycles. The minimum absolute atomic E-state index is 0.258. The zero-order valence-electron chi connectivity index (χ0n) is 10.4. The van der Waals surface area contributed by atoms with Gasteiger partial charge in [0.1, 0.15) is 5.94 Å². The maximum absolute atomic E-state index is 12.0. The van der Waals surface area contributed by atoms with Gasteiger partial charge >= 0.3 is 5.97 Å². The summed E-state index contributed by atoms with van der Waals surface area (Å²) in [5.41, 5.74) is 1.57. The van der Waals surface area contributed by atoms with Crippen LogP contribution in [0.2, 0.25) is 0 Å². The number of hydrogen-bond acceptors (Lipinski definition) is 5. The van der Waals surface area contributed by atoms with Crippen molar-refractivity contribution in [3.05, 3.63) is 29.8 Å². The van der Waals surface area contributed by atoms with E-state index in [9.17, 15) is 4.79 Å². The molecule has 0 spiro atoms. The van der Waals surface area contributed by atoms with Gasteiger partial charge in [0, 0.05) is 13.1 Å². The lowest BCUT2D eigenvalue weighted by atomic mass is 10.1. The van der Waals surface area contributed by atoms with Crippen molar-refractivity contribution in [1.82, 2.24) is 0 Å². The number of morpholine rings is 1. The van der Waals surface area contributed by atoms with Crippen LogP contribution in [0.1, 0.15) is 10.4 Å². The molecule has 2 rings (SSSR count). The summed E-state index contributed by atoms with van der Waals surface area (Å²) in [4.78, 5) is 14.1. The van der Waals surface area contributed by atoms with Crippen LogP contribution < -0.4 is 4.90 Å². The number of rotatable bonds is 4. The molecule has 98 valence electrons. The predicted molar refractivity (Wildman–Crippen MR) is 73.3 cm³/mol. The molecular weight excluding hydrogens is 250 g/mol. The zero-order chi connectivity index (χ0) is 12.8. The van der Waals surface area contributed by atoms with Crippen LogP contribution in [0.4, 0.5) is 5.69 Å². The average Bonchev–Trinajstić information content (AvgIpc) is 2.45. The van der Waals surface area contributed by atoms with Gasteiger partial charge in [-0.05, 0) is 18.4 Å². The van der Waals surface area contributed by atoms with E-state index in [1.54, 1.807) is 0 Å². The van der Waals surface area contributed by atoms with Crippen LogP contribution >= 0.6 is 11.8 Å². The minimum atomic E-state index is -0.258. The Hall–Kier alpha value is -1.20. The number of carbonyl (C=O) groups excluding carboxylic acids is 1. The van der Waals surface area contributed by atoms with Crippen molar-refractivity contribution in [3.8, 4) is 0 Å². The lowest BCUT2D eigenvalue weighted by Crippen LogP contribution is -2.37. The molecule has 1 aromatic rings. The molecule has 0 unspecified atom stereocenters. The van der Waals surface area contributed by atoms with E-state index in [2.05, 4.69) is 4.90 Å². The highest BCUT2D eigenvalue weighted by molar-refractivity contribution is 7.98. The Morgan fingerprint density at radius 2 is 2.11 bits per heavy atom. The molecule has 0 saturated carbocycles. The molecule has 1 saturated heterocycles. The Balaban J connectivity index is 2.16. The number of benzene rings is 1. The lowest BCUT2D eigenvalue weighted by Gasteiger charge is -2.30. The van der Waals surface area contributed by atoms with Crippen LogP contribution in [-0.2, 0) is 9.47 Å². The molecule has 0 aliphatic carbocycles. The molecule has 0 bridgehead atoms. The smallest absolute Gasteiger partial charge is 0.341 e. The molecule has 1 aliphatic rings. The van der Waals surface area contributed by atoms with Crippen molar-refractivity contribution in [1.29, 1.82) is 0 Å². The monoisotopic (exact) mass is 267 g/mol. The van der Waals surface area contributed by atoms with Crippen LogP contribution in [0.15, 0.2) is 24.3 Å². The van der Waals surface area contributed by atoms with Gasteiger partial charge in [0.25, 0.3) is 0 Å². The van der Waals surface area contributed by atoms with Gasteiger partial charge in [-0.15, -0.1) is 11.8 Å². The average molecular weight is 267 g/mol. The summed E-state index contributed by atoms with van der Waals surface area (Å²) in [5, 5.41) is 0. The second-order valence-corrected chi connectivity index (χ2v) is 4.77. The van der Waals surface area contributed by atoms with Crippen molar-refractivity contribution < 1.29 is 14.3 Å². The number of ether oxygens (including phenoxy) is 2. The Morgan fingerprint density at radius 1 is 1.39 bits per heavy atom. The maximum atomic E-state index is 12.0. The number of esters is 1. The number of thioether (sulfide) groups is 1. The standard InChI is InChI=1S/C13H17NO3S/c1-18-10-17-13(15)11-4-2-3-5-12(11)14-6-8-16-9-7-14/h2-5H,6-10H2,1H3. The van der Waals surface area contributed by atoms with Crippen molar-refractivity contribution in [2.24, 2.45) is 0 Å².